The molecule has 2 heterocycles. The monoisotopic (exact) mass is 272 g/mol. The fraction of sp³-hybridized carbons (Fsp3) is 0.333. The molecule has 18 heavy (non-hydrogen) atoms. The summed E-state index contributed by atoms with van der Waals surface area (Å²) in [6.45, 7) is 1.80. The van der Waals surface area contributed by atoms with E-state index in [0.29, 0.717) is 0 Å². The van der Waals surface area contributed by atoms with Crippen LogP contribution in [0, 0.1) is 11.7 Å². The Bertz CT molecular complexity index is 638. The van der Waals surface area contributed by atoms with Gasteiger partial charge in [0.1, 0.15) is 0 Å². The molecule has 6 nitrogen and oxygen atoms in total. The molecule has 0 aliphatic carbocycles. The summed E-state index contributed by atoms with van der Waals surface area (Å²) < 4.78 is 27.7. The fourth-order valence-electron chi connectivity index (χ4n) is 1.42. The Hall–Kier alpha value is -1.90. The Morgan fingerprint density at radius 2 is 2.28 bits per heavy atom. The lowest BCUT2D eigenvalue weighted by Gasteiger charge is -1.97. The van der Waals surface area contributed by atoms with Crippen LogP contribution < -0.4 is 0 Å². The van der Waals surface area contributed by atoms with Gasteiger partial charge in [-0.3, -0.25) is 4.68 Å². The number of halogens is 2. The maximum absolute atomic E-state index is 12.6. The van der Waals surface area contributed by atoms with Gasteiger partial charge < -0.3 is 0 Å². The average molecular weight is 272 g/mol. The minimum Gasteiger partial charge on any atom is -0.275 e. The number of nitrogens with zero attached hydrogens (tertiary/aromatic N) is 5. The van der Waals surface area contributed by atoms with Crippen LogP contribution >= 0.6 is 12.2 Å². The van der Waals surface area contributed by atoms with E-state index in [4.69, 9.17) is 12.2 Å². The minimum absolute atomic E-state index is 0.0168. The summed E-state index contributed by atoms with van der Waals surface area (Å²) in [6, 6.07) is 0. The molecule has 0 atom stereocenters. The zero-order valence-electron chi connectivity index (χ0n) is 9.63. The van der Waals surface area contributed by atoms with E-state index in [0.717, 1.165) is 15.9 Å². The van der Waals surface area contributed by atoms with Crippen LogP contribution in [0.2, 0.25) is 0 Å². The molecule has 0 amide bonds. The van der Waals surface area contributed by atoms with Crippen LogP contribution in [0.4, 0.5) is 8.78 Å². The van der Waals surface area contributed by atoms with Crippen molar-refractivity contribution in [2.24, 2.45) is 12.1 Å². The first-order chi connectivity index (χ1) is 8.49. The van der Waals surface area contributed by atoms with E-state index >= 15 is 0 Å². The van der Waals surface area contributed by atoms with Gasteiger partial charge in [0.15, 0.2) is 0 Å². The van der Waals surface area contributed by atoms with Gasteiger partial charge in [-0.25, -0.2) is 13.9 Å². The summed E-state index contributed by atoms with van der Waals surface area (Å²) in [6.07, 6.45) is 0.398. The maximum Gasteiger partial charge on any atom is 0.299 e. The summed E-state index contributed by atoms with van der Waals surface area (Å²) in [5, 5.41) is 13.7. The highest BCUT2D eigenvalue weighted by molar-refractivity contribution is 7.71. The van der Waals surface area contributed by atoms with Crippen molar-refractivity contribution in [2.75, 3.05) is 0 Å². The van der Waals surface area contributed by atoms with Gasteiger partial charge in [-0.15, -0.1) is 0 Å². The molecule has 0 aliphatic heterocycles. The Morgan fingerprint density at radius 1 is 1.56 bits per heavy atom. The maximum atomic E-state index is 12.6. The molecule has 0 saturated carbocycles. The summed E-state index contributed by atoms with van der Waals surface area (Å²) in [7, 11) is 1.76. The largest absolute Gasteiger partial charge is 0.299 e. The fourth-order valence-corrected chi connectivity index (χ4v) is 1.61. The number of nitrogens with one attached hydrogen (secondary N) is 1. The predicted octanol–water partition coefficient (Wildman–Crippen LogP) is 1.80. The van der Waals surface area contributed by atoms with Crippen LogP contribution in [0.15, 0.2) is 11.3 Å². The van der Waals surface area contributed by atoms with Crippen molar-refractivity contribution in [3.8, 4) is 0 Å². The molecule has 0 spiro atoms. The molecule has 0 radical (unpaired) electrons. The van der Waals surface area contributed by atoms with E-state index < -0.39 is 12.2 Å². The Labute approximate surface area is 106 Å². The Balaban J connectivity index is 2.37. The van der Waals surface area contributed by atoms with Gasteiger partial charge >= 0.3 is 0 Å². The van der Waals surface area contributed by atoms with Gasteiger partial charge in [0, 0.05) is 18.8 Å². The lowest BCUT2D eigenvalue weighted by atomic mass is 10.3. The summed E-state index contributed by atoms with van der Waals surface area (Å²) in [5.41, 5.74) is 1.47. The van der Waals surface area contributed by atoms with Crippen molar-refractivity contribution < 1.29 is 8.78 Å². The van der Waals surface area contributed by atoms with Gasteiger partial charge in [0.25, 0.3) is 6.43 Å². The molecule has 2 aromatic heterocycles. The van der Waals surface area contributed by atoms with Gasteiger partial charge in [0.05, 0.1) is 11.9 Å². The van der Waals surface area contributed by atoms with E-state index in [1.165, 1.54) is 6.21 Å². The standard InChI is InChI=1S/C9H10F2N6S/c1-5-6(4-16(2)15-5)3-12-17-8(7(10)11)13-14-9(17)18/h3-4,7H,1-2H3,(H,14,18)/b12-3+. The number of H-pyrrole nitrogens is 1. The Morgan fingerprint density at radius 3 is 2.83 bits per heavy atom. The molecule has 0 aromatic carbocycles. The quantitative estimate of drug-likeness (QED) is 0.684. The van der Waals surface area contributed by atoms with Gasteiger partial charge in [-0.2, -0.15) is 20.0 Å². The topological polar surface area (TPSA) is 63.8 Å². The second-order valence-electron chi connectivity index (χ2n) is 3.59. The van der Waals surface area contributed by atoms with Crippen LogP contribution in [0.25, 0.3) is 0 Å². The molecule has 0 aliphatic rings. The molecule has 2 aromatic rings. The van der Waals surface area contributed by atoms with E-state index in [9.17, 15) is 8.78 Å². The van der Waals surface area contributed by atoms with E-state index in [-0.39, 0.29) is 4.77 Å². The third kappa shape index (κ3) is 2.35. The molecular formula is C9H10F2N6S. The lowest BCUT2D eigenvalue weighted by Crippen LogP contribution is -1.99. The molecule has 0 saturated heterocycles. The second kappa shape index (κ2) is 4.77. The van der Waals surface area contributed by atoms with Crippen LogP contribution in [-0.4, -0.2) is 30.9 Å². The summed E-state index contributed by atoms with van der Waals surface area (Å²) in [5.74, 6) is -0.516. The second-order valence-corrected chi connectivity index (χ2v) is 3.97. The predicted molar refractivity (Wildman–Crippen MR) is 63.3 cm³/mol. The van der Waals surface area contributed by atoms with Crippen molar-refractivity contribution in [2.45, 2.75) is 13.3 Å². The third-order valence-electron chi connectivity index (χ3n) is 2.23. The SMILES string of the molecule is Cc1nn(C)cc1/C=N/n1c(C(F)F)n[nH]c1=S. The van der Waals surface area contributed by atoms with Crippen LogP contribution in [0.1, 0.15) is 23.5 Å². The van der Waals surface area contributed by atoms with E-state index in [1.54, 1.807) is 24.9 Å². The molecule has 0 bridgehead atoms. The highest BCUT2D eigenvalue weighted by Crippen LogP contribution is 2.16. The van der Waals surface area contributed by atoms with Crippen LogP contribution in [0.3, 0.4) is 0 Å². The number of alkyl halides is 2. The number of hydrogen-bond acceptors (Lipinski definition) is 4. The highest BCUT2D eigenvalue weighted by Gasteiger charge is 2.16. The van der Waals surface area contributed by atoms with Gasteiger partial charge in [0.2, 0.25) is 10.6 Å². The average Bonchev–Trinajstić information content (AvgIpc) is 2.79. The van der Waals surface area contributed by atoms with Crippen LogP contribution in [0.5, 0.6) is 0 Å². The number of rotatable bonds is 3. The minimum atomic E-state index is -2.75. The van der Waals surface area contributed by atoms with Crippen molar-refractivity contribution in [3.05, 3.63) is 28.0 Å². The zero-order valence-corrected chi connectivity index (χ0v) is 10.4. The van der Waals surface area contributed by atoms with Crippen molar-refractivity contribution in [1.29, 1.82) is 0 Å². The molecule has 0 fully saturated rings. The molecule has 2 rings (SSSR count). The van der Waals surface area contributed by atoms with Gasteiger partial charge in [-0.1, -0.05) is 0 Å². The third-order valence-corrected chi connectivity index (χ3v) is 2.50. The van der Waals surface area contributed by atoms with Crippen LogP contribution in [-0.2, 0) is 7.05 Å². The zero-order chi connectivity index (χ0) is 13.3. The molecular weight excluding hydrogens is 262 g/mol. The van der Waals surface area contributed by atoms with Crippen molar-refractivity contribution >= 4 is 18.4 Å². The molecule has 1 N–H and O–H groups in total. The molecule has 96 valence electrons. The number of hydrogen-bond donors (Lipinski definition) is 1. The van der Waals surface area contributed by atoms with Gasteiger partial charge in [-0.05, 0) is 19.1 Å². The van der Waals surface area contributed by atoms with E-state index in [2.05, 4.69) is 20.4 Å². The first kappa shape index (κ1) is 12.6. The first-order valence-electron chi connectivity index (χ1n) is 4.99. The number of aryl methyl sites for hydroxylation is 2. The molecule has 0 unspecified atom stereocenters. The smallest absolute Gasteiger partial charge is 0.275 e. The highest BCUT2D eigenvalue weighted by atomic mass is 32.1. The van der Waals surface area contributed by atoms with E-state index in [1.807, 2.05) is 0 Å². The Kier molecular flexibility index (Phi) is 3.32. The normalized spacial score (nSPS) is 11.8. The summed E-state index contributed by atoms with van der Waals surface area (Å²) in [4.78, 5) is 0. The van der Waals surface area contributed by atoms with Crippen molar-refractivity contribution in [1.82, 2.24) is 24.7 Å². The molecule has 9 heteroatoms. The number of aromatic amines is 1. The van der Waals surface area contributed by atoms with Crippen molar-refractivity contribution in [3.63, 3.8) is 0 Å². The summed E-state index contributed by atoms with van der Waals surface area (Å²) >= 11 is 4.82. The number of aromatic nitrogens is 5. The first-order valence-corrected chi connectivity index (χ1v) is 5.40. The lowest BCUT2D eigenvalue weighted by molar-refractivity contribution is 0.136.